The van der Waals surface area contributed by atoms with Crippen LogP contribution in [-0.4, -0.2) is 36.7 Å². The first-order chi connectivity index (χ1) is 16.5. The first-order valence-electron chi connectivity index (χ1n) is 11.7. The maximum atomic E-state index is 11.8. The third kappa shape index (κ3) is 12.5. The van der Waals surface area contributed by atoms with Crippen LogP contribution in [0, 0.1) is 0 Å². The summed E-state index contributed by atoms with van der Waals surface area (Å²) in [7, 11) is 0. The largest absolute Gasteiger partial charge is 0.466 e. The Kier molecular flexibility index (Phi) is 15.4. The number of rotatable bonds is 8. The summed E-state index contributed by atoms with van der Waals surface area (Å²) in [5.41, 5.74) is 2.28. The molecule has 0 saturated heterocycles. The van der Waals surface area contributed by atoms with Crippen molar-refractivity contribution in [1.82, 2.24) is 0 Å². The molecule has 192 valence electrons. The number of Topliss-reactive ketones (excluding diaryl/α,β-unsaturated/α-hetero) is 2. The average Bonchev–Trinajstić information content (AvgIpc) is 2.81. The van der Waals surface area contributed by atoms with E-state index in [1.165, 1.54) is 0 Å². The van der Waals surface area contributed by atoms with Gasteiger partial charge >= 0.3 is 11.9 Å². The first kappa shape index (κ1) is 32.2. The van der Waals surface area contributed by atoms with E-state index in [-0.39, 0.29) is 29.8 Å². The molecule has 0 saturated carbocycles. The highest BCUT2D eigenvalue weighted by molar-refractivity contribution is 9.10. The number of hydrogen-bond donors (Lipinski definition) is 0. The smallest absolute Gasteiger partial charge is 0.313 e. The Balaban J connectivity index is 0.000000625. The molecule has 0 aliphatic heterocycles. The lowest BCUT2D eigenvalue weighted by Gasteiger charge is -2.18. The number of benzene rings is 2. The van der Waals surface area contributed by atoms with E-state index in [0.717, 1.165) is 5.56 Å². The van der Waals surface area contributed by atoms with Gasteiger partial charge in [0.1, 0.15) is 12.8 Å². The zero-order valence-corrected chi connectivity index (χ0v) is 23.4. The zero-order valence-electron chi connectivity index (χ0n) is 21.8. The van der Waals surface area contributed by atoms with Gasteiger partial charge < -0.3 is 9.47 Å². The van der Waals surface area contributed by atoms with Crippen molar-refractivity contribution in [3.05, 3.63) is 69.7 Å². The third-order valence-electron chi connectivity index (χ3n) is 4.47. The Bertz CT molecular complexity index is 958. The summed E-state index contributed by atoms with van der Waals surface area (Å²) in [5.74, 6) is -1.39. The van der Waals surface area contributed by atoms with Gasteiger partial charge in [0, 0.05) is 15.6 Å². The third-order valence-corrected chi connectivity index (χ3v) is 5.16. The summed E-state index contributed by atoms with van der Waals surface area (Å²) >= 11 is 3.25. The molecule has 0 atom stereocenters. The molecule has 0 aliphatic carbocycles. The van der Waals surface area contributed by atoms with Crippen LogP contribution >= 0.6 is 15.9 Å². The molecule has 2 aromatic carbocycles. The number of ether oxygens (including phenoxy) is 2. The highest BCUT2D eigenvalue weighted by Crippen LogP contribution is 2.22. The number of hydrogen-bond acceptors (Lipinski definition) is 6. The van der Waals surface area contributed by atoms with Crippen LogP contribution in [-0.2, 0) is 24.5 Å². The van der Waals surface area contributed by atoms with Gasteiger partial charge in [-0.05, 0) is 30.9 Å². The molecule has 0 fully saturated rings. The quantitative estimate of drug-likeness (QED) is 0.206. The molecule has 35 heavy (non-hydrogen) atoms. The van der Waals surface area contributed by atoms with Crippen LogP contribution in [0.5, 0.6) is 0 Å². The molecular weight excluding hydrogens is 512 g/mol. The molecule has 0 radical (unpaired) electrons. The van der Waals surface area contributed by atoms with Crippen LogP contribution in [0.3, 0.4) is 0 Å². The second kappa shape index (κ2) is 16.8. The van der Waals surface area contributed by atoms with Crippen LogP contribution in [0.25, 0.3) is 0 Å². The first-order valence-corrected chi connectivity index (χ1v) is 12.5. The van der Waals surface area contributed by atoms with Crippen LogP contribution in [0.1, 0.15) is 87.6 Å². The fourth-order valence-corrected chi connectivity index (χ4v) is 3.23. The van der Waals surface area contributed by atoms with Crippen LogP contribution in [0.2, 0.25) is 0 Å². The number of carbonyl (C=O) groups excluding carboxylic acids is 4. The van der Waals surface area contributed by atoms with Gasteiger partial charge in [-0.2, -0.15) is 0 Å². The lowest BCUT2D eigenvalue weighted by Crippen LogP contribution is -2.13. The minimum atomic E-state index is -0.488. The molecule has 2 rings (SSSR count). The van der Waals surface area contributed by atoms with E-state index < -0.39 is 11.9 Å². The van der Waals surface area contributed by atoms with Crippen LogP contribution < -0.4 is 0 Å². The molecule has 0 amide bonds. The van der Waals surface area contributed by atoms with Gasteiger partial charge in [0.05, 0.1) is 13.2 Å². The van der Waals surface area contributed by atoms with Crippen molar-refractivity contribution in [2.24, 2.45) is 0 Å². The Morgan fingerprint density at radius 3 is 1.63 bits per heavy atom. The topological polar surface area (TPSA) is 86.7 Å². The van der Waals surface area contributed by atoms with Gasteiger partial charge in [-0.1, -0.05) is 93.0 Å². The Hall–Kier alpha value is -2.80. The molecule has 0 bridgehead atoms. The van der Waals surface area contributed by atoms with Crippen LogP contribution in [0.15, 0.2) is 53.0 Å². The van der Waals surface area contributed by atoms with Crippen molar-refractivity contribution in [1.29, 1.82) is 0 Å². The summed E-state index contributed by atoms with van der Waals surface area (Å²) in [6.07, 6.45) is -0.404. The number of esters is 2. The second-order valence-electron chi connectivity index (χ2n) is 8.12. The molecule has 7 heteroatoms. The van der Waals surface area contributed by atoms with E-state index in [4.69, 9.17) is 9.47 Å². The highest BCUT2D eigenvalue weighted by Gasteiger charge is 2.16. The van der Waals surface area contributed by atoms with Crippen molar-refractivity contribution in [3.63, 3.8) is 0 Å². The molecule has 0 aromatic heterocycles. The van der Waals surface area contributed by atoms with Crippen molar-refractivity contribution in [2.45, 2.75) is 66.7 Å². The van der Waals surface area contributed by atoms with Crippen LogP contribution in [0.4, 0.5) is 0 Å². The Morgan fingerprint density at radius 1 is 0.743 bits per heavy atom. The van der Waals surface area contributed by atoms with Gasteiger partial charge in [-0.15, -0.1) is 0 Å². The summed E-state index contributed by atoms with van der Waals surface area (Å²) in [5, 5.41) is 0. The number of ketones is 2. The summed E-state index contributed by atoms with van der Waals surface area (Å²) in [6.45, 7) is 14.4. The maximum Gasteiger partial charge on any atom is 0.313 e. The van der Waals surface area contributed by atoms with Crippen molar-refractivity contribution in [2.75, 3.05) is 13.2 Å². The SMILES string of the molecule is CC.CCOC(=O)CC(=O)c1ccc(C(C)(C)C)cc1.CCOC(=O)CC(=O)c1ccccc1Br. The normalized spacial score (nSPS) is 10.1. The zero-order chi connectivity index (χ0) is 27.0. The predicted octanol–water partition coefficient (Wildman–Crippen LogP) is 6.73. The molecule has 0 spiro atoms. The van der Waals surface area contributed by atoms with E-state index in [1.54, 1.807) is 44.2 Å². The highest BCUT2D eigenvalue weighted by atomic mass is 79.9. The standard InChI is InChI=1S/C15H20O3.C11H11BrO3.C2H6/c1-5-18-14(17)10-13(16)11-6-8-12(9-7-11)15(2,3)4;1-2-15-11(14)7-10(13)8-5-3-4-6-9(8)12;1-2/h6-9H,5,10H2,1-4H3;3-6H,2,7H2,1H3;1-2H3. The molecule has 0 N–H and O–H groups in total. The molecule has 0 aliphatic rings. The van der Waals surface area contributed by atoms with Gasteiger partial charge in [0.2, 0.25) is 0 Å². The minimum Gasteiger partial charge on any atom is -0.466 e. The monoisotopic (exact) mass is 548 g/mol. The fourth-order valence-electron chi connectivity index (χ4n) is 2.73. The number of carbonyl (C=O) groups is 4. The lowest BCUT2D eigenvalue weighted by molar-refractivity contribution is -0.143. The Labute approximate surface area is 217 Å². The van der Waals surface area contributed by atoms with Gasteiger partial charge in [-0.25, -0.2) is 0 Å². The molecular formula is C28H37BrO6. The summed E-state index contributed by atoms with van der Waals surface area (Å²) < 4.78 is 10.1. The predicted molar refractivity (Wildman–Crippen MR) is 142 cm³/mol. The summed E-state index contributed by atoms with van der Waals surface area (Å²) in [4.78, 5) is 45.7. The fraction of sp³-hybridized carbons (Fsp3) is 0.429. The van der Waals surface area contributed by atoms with E-state index in [2.05, 4.69) is 36.7 Å². The molecule has 6 nitrogen and oxygen atoms in total. The van der Waals surface area contributed by atoms with E-state index in [0.29, 0.717) is 28.8 Å². The maximum absolute atomic E-state index is 11.8. The van der Waals surface area contributed by atoms with Gasteiger partial charge in [0.25, 0.3) is 0 Å². The number of halogens is 1. The Morgan fingerprint density at radius 2 is 1.20 bits per heavy atom. The molecule has 2 aromatic rings. The minimum absolute atomic E-state index is 0.0583. The van der Waals surface area contributed by atoms with E-state index in [9.17, 15) is 19.2 Å². The molecule has 0 heterocycles. The average molecular weight is 550 g/mol. The van der Waals surface area contributed by atoms with Crippen molar-refractivity contribution < 1.29 is 28.7 Å². The lowest BCUT2D eigenvalue weighted by atomic mass is 9.86. The van der Waals surface area contributed by atoms with E-state index >= 15 is 0 Å². The van der Waals surface area contributed by atoms with Gasteiger partial charge in [-0.3, -0.25) is 19.2 Å². The van der Waals surface area contributed by atoms with E-state index in [1.807, 2.05) is 32.0 Å². The van der Waals surface area contributed by atoms with Crippen molar-refractivity contribution in [3.8, 4) is 0 Å². The molecule has 0 unspecified atom stereocenters. The summed E-state index contributed by atoms with van der Waals surface area (Å²) in [6, 6.07) is 14.4. The van der Waals surface area contributed by atoms with Gasteiger partial charge in [0.15, 0.2) is 11.6 Å². The van der Waals surface area contributed by atoms with Crippen molar-refractivity contribution >= 4 is 39.4 Å². The second-order valence-corrected chi connectivity index (χ2v) is 8.97.